The summed E-state index contributed by atoms with van der Waals surface area (Å²) in [5.41, 5.74) is 5.29. The summed E-state index contributed by atoms with van der Waals surface area (Å²) in [6.45, 7) is 5.42. The highest BCUT2D eigenvalue weighted by atomic mass is 79.9. The van der Waals surface area contributed by atoms with E-state index in [-0.39, 0.29) is 6.04 Å². The van der Waals surface area contributed by atoms with Crippen molar-refractivity contribution in [1.82, 2.24) is 0 Å². The molecule has 0 amide bonds. The quantitative estimate of drug-likeness (QED) is 0.597. The molecule has 0 spiro atoms. The Morgan fingerprint density at radius 2 is 2.17 bits per heavy atom. The number of rotatable bonds is 1. The smallest absolute Gasteiger partial charge is 0.0326 e. The second-order valence-corrected chi connectivity index (χ2v) is 2.25. The topological polar surface area (TPSA) is 26.0 Å². The molecule has 0 aromatic rings. The van der Waals surface area contributed by atoms with Gasteiger partial charge in [0, 0.05) is 10.5 Å². The zero-order valence-electron chi connectivity index (χ0n) is 3.74. The number of nitrogens with two attached hydrogens (primary N) is 1. The maximum Gasteiger partial charge on any atom is 0.0326 e. The van der Waals surface area contributed by atoms with Crippen LogP contribution in [0.5, 0.6) is 0 Å². The van der Waals surface area contributed by atoms with Crippen LogP contribution >= 0.6 is 15.9 Å². The number of hydrogen-bond donors (Lipinski definition) is 1. The Morgan fingerprint density at radius 3 is 2.17 bits per heavy atom. The predicted octanol–water partition coefficient (Wildman–Crippen LogP) is 1.24. The third kappa shape index (κ3) is 2.42. The van der Waals surface area contributed by atoms with E-state index in [0.29, 0.717) is 0 Å². The number of hydrogen-bond acceptors (Lipinski definition) is 1. The van der Waals surface area contributed by atoms with Gasteiger partial charge in [-0.3, -0.25) is 0 Å². The van der Waals surface area contributed by atoms with Gasteiger partial charge in [-0.15, -0.1) is 0 Å². The van der Waals surface area contributed by atoms with Crippen molar-refractivity contribution in [2.45, 2.75) is 13.0 Å². The largest absolute Gasteiger partial charge is 0.324 e. The zero-order chi connectivity index (χ0) is 5.15. The van der Waals surface area contributed by atoms with Crippen LogP contribution in [0.3, 0.4) is 0 Å². The van der Waals surface area contributed by atoms with E-state index in [1.807, 2.05) is 6.92 Å². The lowest BCUT2D eigenvalue weighted by atomic mass is 10.4. The van der Waals surface area contributed by atoms with E-state index in [0.717, 1.165) is 4.48 Å². The van der Waals surface area contributed by atoms with Crippen LogP contribution < -0.4 is 5.73 Å². The lowest BCUT2D eigenvalue weighted by Gasteiger charge is -1.96. The lowest BCUT2D eigenvalue weighted by Crippen LogP contribution is -2.13. The fourth-order valence-electron chi connectivity index (χ4n) is 0. The molecule has 0 rings (SSSR count). The monoisotopic (exact) mass is 149 g/mol. The van der Waals surface area contributed by atoms with Crippen molar-refractivity contribution in [3.05, 3.63) is 11.1 Å². The molecule has 0 saturated heterocycles. The molecule has 0 aliphatic rings. The summed E-state index contributed by atoms with van der Waals surface area (Å²) >= 11 is 3.12. The summed E-state index contributed by atoms with van der Waals surface area (Å²) < 4.78 is 0.850. The van der Waals surface area contributed by atoms with Crippen LogP contribution in [0.25, 0.3) is 0 Å². The van der Waals surface area contributed by atoms with Crippen molar-refractivity contribution in [1.29, 1.82) is 0 Å². The fraction of sp³-hybridized carbons (Fsp3) is 0.500. The second kappa shape index (κ2) is 2.37. The Kier molecular flexibility index (Phi) is 2.44. The average molecular weight is 150 g/mol. The second-order valence-electron chi connectivity index (χ2n) is 1.24. The van der Waals surface area contributed by atoms with Gasteiger partial charge in [-0.25, -0.2) is 0 Å². The molecule has 0 aromatic carbocycles. The molecule has 0 aliphatic heterocycles. The van der Waals surface area contributed by atoms with Gasteiger partial charge in [-0.05, 0) is 6.92 Å². The van der Waals surface area contributed by atoms with E-state index in [2.05, 4.69) is 22.5 Å². The molecule has 0 aliphatic carbocycles. The highest BCUT2D eigenvalue weighted by molar-refractivity contribution is 9.11. The first-order chi connectivity index (χ1) is 2.64. The van der Waals surface area contributed by atoms with Gasteiger partial charge in [0.1, 0.15) is 0 Å². The molecule has 0 bridgehead atoms. The first kappa shape index (κ1) is 6.18. The molecule has 6 heavy (non-hydrogen) atoms. The SMILES string of the molecule is C=C(Br)[C@H](C)N. The zero-order valence-corrected chi connectivity index (χ0v) is 5.33. The van der Waals surface area contributed by atoms with E-state index < -0.39 is 0 Å². The Morgan fingerprint density at radius 1 is 2.00 bits per heavy atom. The minimum atomic E-state index is 0.0741. The first-order valence-electron chi connectivity index (χ1n) is 1.74. The number of halogens is 1. The van der Waals surface area contributed by atoms with E-state index in [4.69, 9.17) is 5.73 Å². The molecular weight excluding hydrogens is 142 g/mol. The van der Waals surface area contributed by atoms with Crippen LogP contribution in [0.1, 0.15) is 6.92 Å². The Hall–Kier alpha value is 0.180. The van der Waals surface area contributed by atoms with Gasteiger partial charge in [-0.2, -0.15) is 0 Å². The maximum atomic E-state index is 5.29. The van der Waals surface area contributed by atoms with Crippen molar-refractivity contribution >= 4 is 15.9 Å². The van der Waals surface area contributed by atoms with Crippen molar-refractivity contribution in [2.75, 3.05) is 0 Å². The maximum absolute atomic E-state index is 5.29. The van der Waals surface area contributed by atoms with Gasteiger partial charge in [0.25, 0.3) is 0 Å². The summed E-state index contributed by atoms with van der Waals surface area (Å²) in [6, 6.07) is 0.0741. The van der Waals surface area contributed by atoms with Gasteiger partial charge < -0.3 is 5.73 Å². The predicted molar refractivity (Wildman–Crippen MR) is 31.7 cm³/mol. The molecule has 0 aromatic heterocycles. The van der Waals surface area contributed by atoms with Crippen LogP contribution in [-0.4, -0.2) is 6.04 Å². The van der Waals surface area contributed by atoms with Crippen LogP contribution in [-0.2, 0) is 0 Å². The van der Waals surface area contributed by atoms with E-state index in [9.17, 15) is 0 Å². The molecule has 0 unspecified atom stereocenters. The molecule has 2 heteroatoms. The highest BCUT2D eigenvalue weighted by Crippen LogP contribution is 2.02. The molecule has 0 fully saturated rings. The summed E-state index contributed by atoms with van der Waals surface area (Å²) in [4.78, 5) is 0. The molecule has 1 atom stereocenters. The fourth-order valence-corrected chi connectivity index (χ4v) is 0. The van der Waals surface area contributed by atoms with Crippen molar-refractivity contribution in [3.8, 4) is 0 Å². The Bertz CT molecular complexity index is 58.6. The highest BCUT2D eigenvalue weighted by Gasteiger charge is 1.89. The molecule has 2 N–H and O–H groups in total. The van der Waals surface area contributed by atoms with Crippen LogP contribution in [0.15, 0.2) is 11.1 Å². The molecule has 36 valence electrons. The van der Waals surface area contributed by atoms with Gasteiger partial charge >= 0.3 is 0 Å². The lowest BCUT2D eigenvalue weighted by molar-refractivity contribution is 0.918. The minimum Gasteiger partial charge on any atom is -0.324 e. The van der Waals surface area contributed by atoms with E-state index >= 15 is 0 Å². The van der Waals surface area contributed by atoms with E-state index in [1.54, 1.807) is 0 Å². The minimum absolute atomic E-state index is 0.0741. The Balaban J connectivity index is 3.26. The third-order valence-electron chi connectivity index (χ3n) is 0.494. The summed E-state index contributed by atoms with van der Waals surface area (Å²) in [7, 11) is 0. The molecule has 0 heterocycles. The Labute approximate surface area is 46.4 Å². The summed E-state index contributed by atoms with van der Waals surface area (Å²) in [5.74, 6) is 0. The van der Waals surface area contributed by atoms with Crippen molar-refractivity contribution < 1.29 is 0 Å². The van der Waals surface area contributed by atoms with Crippen molar-refractivity contribution in [2.24, 2.45) is 5.73 Å². The van der Waals surface area contributed by atoms with Crippen LogP contribution in [0.4, 0.5) is 0 Å². The van der Waals surface area contributed by atoms with Crippen molar-refractivity contribution in [3.63, 3.8) is 0 Å². The normalized spacial score (nSPS) is 13.8. The summed E-state index contributed by atoms with van der Waals surface area (Å²) in [6.07, 6.45) is 0. The molecule has 1 nitrogen and oxygen atoms in total. The standard InChI is InChI=1S/C4H8BrN/c1-3(5)4(2)6/h4H,1,6H2,2H3/t4-/m0/s1. The van der Waals surface area contributed by atoms with Gasteiger partial charge in [0.2, 0.25) is 0 Å². The molecule has 0 saturated carbocycles. The third-order valence-corrected chi connectivity index (χ3v) is 1.22. The average Bonchev–Trinajstić information content (AvgIpc) is 1.36. The van der Waals surface area contributed by atoms with Gasteiger partial charge in [0.15, 0.2) is 0 Å². The van der Waals surface area contributed by atoms with E-state index in [1.165, 1.54) is 0 Å². The molecular formula is C4H8BrN. The summed E-state index contributed by atoms with van der Waals surface area (Å²) in [5, 5.41) is 0. The van der Waals surface area contributed by atoms with Crippen LogP contribution in [0, 0.1) is 0 Å². The first-order valence-corrected chi connectivity index (χ1v) is 2.53. The van der Waals surface area contributed by atoms with Gasteiger partial charge in [0.05, 0.1) is 0 Å². The molecule has 0 radical (unpaired) electrons. The van der Waals surface area contributed by atoms with Gasteiger partial charge in [-0.1, -0.05) is 22.5 Å². The van der Waals surface area contributed by atoms with Crippen LogP contribution in [0.2, 0.25) is 0 Å².